The molecule has 3 nitrogen and oxygen atoms in total. The first-order valence-electron chi connectivity index (χ1n) is 6.99. The van der Waals surface area contributed by atoms with Gasteiger partial charge in [-0.1, -0.05) is 49.4 Å². The van der Waals surface area contributed by atoms with E-state index in [1.54, 1.807) is 0 Å². The van der Waals surface area contributed by atoms with Crippen molar-refractivity contribution in [3.63, 3.8) is 0 Å². The first-order valence-corrected chi connectivity index (χ1v) is 6.99. The second-order valence-electron chi connectivity index (χ2n) is 5.08. The summed E-state index contributed by atoms with van der Waals surface area (Å²) in [5, 5.41) is 14.6. The first-order chi connectivity index (χ1) is 9.75. The Morgan fingerprint density at radius 1 is 1.10 bits per heavy atom. The molecule has 1 aliphatic heterocycles. The maximum atomic E-state index is 11.3. The highest BCUT2D eigenvalue weighted by Gasteiger charge is 2.37. The van der Waals surface area contributed by atoms with Crippen molar-refractivity contribution in [2.24, 2.45) is 0 Å². The summed E-state index contributed by atoms with van der Waals surface area (Å²) in [5.74, 6) is 0.754. The van der Waals surface area contributed by atoms with Gasteiger partial charge in [0.25, 0.3) is 0 Å². The largest absolute Gasteiger partial charge is 0.488 e. The van der Waals surface area contributed by atoms with Gasteiger partial charge >= 0.3 is 0 Å². The molecule has 3 heteroatoms. The van der Waals surface area contributed by atoms with Gasteiger partial charge in [-0.2, -0.15) is 0 Å². The summed E-state index contributed by atoms with van der Waals surface area (Å²) in [6.07, 6.45) is 0. The molecule has 3 rings (SSSR count). The average molecular weight is 269 g/mol. The number of likely N-dealkylation sites (N-methyl/N-ethyl adjacent to an activating group) is 1. The minimum Gasteiger partial charge on any atom is -0.488 e. The summed E-state index contributed by atoms with van der Waals surface area (Å²) < 4.78 is 5.86. The van der Waals surface area contributed by atoms with Crippen LogP contribution in [0.5, 0.6) is 5.75 Å². The van der Waals surface area contributed by atoms with E-state index in [0.717, 1.165) is 29.0 Å². The van der Waals surface area contributed by atoms with Crippen LogP contribution in [0.1, 0.15) is 23.6 Å². The van der Waals surface area contributed by atoms with Crippen LogP contribution in [0.15, 0.2) is 48.5 Å². The van der Waals surface area contributed by atoms with E-state index in [0.29, 0.717) is 13.2 Å². The Labute approximate surface area is 119 Å². The van der Waals surface area contributed by atoms with E-state index in [9.17, 15) is 5.11 Å². The zero-order chi connectivity index (χ0) is 14.0. The van der Waals surface area contributed by atoms with Crippen LogP contribution in [0.3, 0.4) is 0 Å². The van der Waals surface area contributed by atoms with E-state index >= 15 is 0 Å². The van der Waals surface area contributed by atoms with E-state index < -0.39 is 5.60 Å². The van der Waals surface area contributed by atoms with Gasteiger partial charge in [0.05, 0.1) is 0 Å². The molecule has 0 saturated heterocycles. The fourth-order valence-electron chi connectivity index (χ4n) is 2.78. The van der Waals surface area contributed by atoms with Crippen molar-refractivity contribution in [1.82, 2.24) is 5.32 Å². The number of hydrogen-bond acceptors (Lipinski definition) is 3. The van der Waals surface area contributed by atoms with Gasteiger partial charge in [0.1, 0.15) is 18.0 Å². The summed E-state index contributed by atoms with van der Waals surface area (Å²) in [7, 11) is 0. The van der Waals surface area contributed by atoms with Crippen LogP contribution in [-0.4, -0.2) is 18.2 Å². The van der Waals surface area contributed by atoms with Gasteiger partial charge in [-0.3, -0.25) is 0 Å². The van der Waals surface area contributed by atoms with Gasteiger partial charge < -0.3 is 15.2 Å². The van der Waals surface area contributed by atoms with E-state index in [2.05, 4.69) is 5.32 Å². The number of benzene rings is 2. The molecule has 1 unspecified atom stereocenters. The van der Waals surface area contributed by atoms with Crippen LogP contribution >= 0.6 is 0 Å². The average Bonchev–Trinajstić information content (AvgIpc) is 2.62. The van der Waals surface area contributed by atoms with Crippen LogP contribution in [-0.2, 0) is 12.2 Å². The topological polar surface area (TPSA) is 41.5 Å². The first kappa shape index (κ1) is 13.2. The fraction of sp³-hybridized carbons (Fsp3) is 0.294. The van der Waals surface area contributed by atoms with Crippen LogP contribution in [0.25, 0.3) is 0 Å². The SMILES string of the molecule is CCNCC1(O)c2ccccc2COc2ccccc21. The van der Waals surface area contributed by atoms with E-state index in [-0.39, 0.29) is 0 Å². The summed E-state index contributed by atoms with van der Waals surface area (Å²) in [6, 6.07) is 15.7. The maximum absolute atomic E-state index is 11.3. The van der Waals surface area contributed by atoms with Crippen molar-refractivity contribution in [3.8, 4) is 5.75 Å². The zero-order valence-corrected chi connectivity index (χ0v) is 11.6. The number of hydrogen-bond donors (Lipinski definition) is 2. The molecule has 2 N–H and O–H groups in total. The lowest BCUT2D eigenvalue weighted by Gasteiger charge is -2.30. The van der Waals surface area contributed by atoms with Gasteiger partial charge in [-0.25, -0.2) is 0 Å². The Kier molecular flexibility index (Phi) is 3.47. The van der Waals surface area contributed by atoms with E-state index in [4.69, 9.17) is 4.74 Å². The minimum atomic E-state index is -1.06. The third-order valence-electron chi connectivity index (χ3n) is 3.81. The molecule has 104 valence electrons. The number of nitrogens with one attached hydrogen (secondary N) is 1. The van der Waals surface area contributed by atoms with Gasteiger partial charge in [0.15, 0.2) is 0 Å². The predicted molar refractivity (Wildman–Crippen MR) is 78.8 cm³/mol. The second kappa shape index (κ2) is 5.27. The van der Waals surface area contributed by atoms with Gasteiger partial charge in [0.2, 0.25) is 0 Å². The van der Waals surface area contributed by atoms with Gasteiger partial charge in [-0.15, -0.1) is 0 Å². The monoisotopic (exact) mass is 269 g/mol. The minimum absolute atomic E-state index is 0.473. The van der Waals surface area contributed by atoms with Crippen LogP contribution in [0.4, 0.5) is 0 Å². The molecule has 1 aliphatic rings. The standard InChI is InChI=1S/C17H19NO2/c1-2-18-12-17(19)14-8-4-3-7-13(14)11-20-16-10-6-5-9-15(16)17/h3-10,18-19H,2,11-12H2,1H3. The number of para-hydroxylation sites is 1. The molecule has 0 saturated carbocycles. The summed E-state index contributed by atoms with van der Waals surface area (Å²) in [6.45, 7) is 3.81. The van der Waals surface area contributed by atoms with Crippen LogP contribution in [0, 0.1) is 0 Å². The van der Waals surface area contributed by atoms with E-state index in [1.807, 2.05) is 55.5 Å². The normalized spacial score (nSPS) is 20.5. The molecule has 0 amide bonds. The van der Waals surface area contributed by atoms with Crippen molar-refractivity contribution in [3.05, 3.63) is 65.2 Å². The third kappa shape index (κ3) is 2.09. The highest BCUT2D eigenvalue weighted by Crippen LogP contribution is 2.39. The molecule has 1 heterocycles. The van der Waals surface area contributed by atoms with Crippen LogP contribution < -0.4 is 10.1 Å². The third-order valence-corrected chi connectivity index (χ3v) is 3.81. The Morgan fingerprint density at radius 3 is 2.60 bits per heavy atom. The van der Waals surface area contributed by atoms with Crippen LogP contribution in [0.2, 0.25) is 0 Å². The van der Waals surface area contributed by atoms with Crippen molar-refractivity contribution in [1.29, 1.82) is 0 Å². The van der Waals surface area contributed by atoms with Crippen molar-refractivity contribution in [2.45, 2.75) is 19.1 Å². The molecule has 1 atom stereocenters. The summed E-state index contributed by atoms with van der Waals surface area (Å²) in [4.78, 5) is 0. The lowest BCUT2D eigenvalue weighted by atomic mass is 9.84. The molecular formula is C17H19NO2. The smallest absolute Gasteiger partial charge is 0.131 e. The predicted octanol–water partition coefficient (Wildman–Crippen LogP) is 2.42. The highest BCUT2D eigenvalue weighted by atomic mass is 16.5. The molecule has 0 bridgehead atoms. The molecule has 2 aromatic rings. The Morgan fingerprint density at radius 2 is 1.80 bits per heavy atom. The molecule has 0 radical (unpaired) electrons. The lowest BCUT2D eigenvalue weighted by molar-refractivity contribution is 0.0799. The molecule has 2 aromatic carbocycles. The number of rotatable bonds is 3. The second-order valence-corrected chi connectivity index (χ2v) is 5.08. The lowest BCUT2D eigenvalue weighted by Crippen LogP contribution is -2.39. The number of aliphatic hydroxyl groups is 1. The fourth-order valence-corrected chi connectivity index (χ4v) is 2.78. The molecule has 0 fully saturated rings. The zero-order valence-electron chi connectivity index (χ0n) is 11.6. The summed E-state index contributed by atoms with van der Waals surface area (Å²) >= 11 is 0. The van der Waals surface area contributed by atoms with Crippen molar-refractivity contribution >= 4 is 0 Å². The molecule has 0 aliphatic carbocycles. The quantitative estimate of drug-likeness (QED) is 0.899. The van der Waals surface area contributed by atoms with E-state index in [1.165, 1.54) is 0 Å². The molecule has 0 spiro atoms. The number of ether oxygens (including phenoxy) is 1. The number of fused-ring (bicyclic) bond motifs is 2. The van der Waals surface area contributed by atoms with Crippen molar-refractivity contribution < 1.29 is 9.84 Å². The Bertz CT molecular complexity index is 562. The Hall–Kier alpha value is -1.84. The molecule has 0 aromatic heterocycles. The maximum Gasteiger partial charge on any atom is 0.131 e. The van der Waals surface area contributed by atoms with Gasteiger partial charge in [0, 0.05) is 12.1 Å². The van der Waals surface area contributed by atoms with Crippen molar-refractivity contribution in [2.75, 3.05) is 13.1 Å². The molecule has 20 heavy (non-hydrogen) atoms. The van der Waals surface area contributed by atoms with Gasteiger partial charge in [-0.05, 0) is 23.7 Å². The summed E-state index contributed by atoms with van der Waals surface area (Å²) in [5.41, 5.74) is 1.72. The Balaban J connectivity index is 2.18. The molecular weight excluding hydrogens is 250 g/mol. The highest BCUT2D eigenvalue weighted by molar-refractivity contribution is 5.49.